The third kappa shape index (κ3) is 4.90. The lowest BCUT2D eigenvalue weighted by Crippen LogP contribution is -2.49. The average Bonchev–Trinajstić information content (AvgIpc) is 2.79. The van der Waals surface area contributed by atoms with Gasteiger partial charge in [0.05, 0.1) is 18.4 Å². The Bertz CT molecular complexity index is 882. The van der Waals surface area contributed by atoms with Crippen LogP contribution >= 0.6 is 0 Å². The van der Waals surface area contributed by atoms with Crippen LogP contribution in [0.25, 0.3) is 11.3 Å². The van der Waals surface area contributed by atoms with Crippen LogP contribution in [-0.2, 0) is 4.74 Å². The molecule has 0 unspecified atom stereocenters. The van der Waals surface area contributed by atoms with Crippen molar-refractivity contribution < 1.29 is 9.53 Å². The quantitative estimate of drug-likeness (QED) is 0.732. The molecule has 1 saturated heterocycles. The molecule has 3 heterocycles. The molecule has 0 amide bonds. The number of aromatic nitrogens is 2. The molecule has 2 fully saturated rings. The van der Waals surface area contributed by atoms with Crippen molar-refractivity contribution in [1.29, 1.82) is 0 Å². The number of rotatable bonds is 5. The van der Waals surface area contributed by atoms with E-state index >= 15 is 0 Å². The Balaban J connectivity index is 1.64. The summed E-state index contributed by atoms with van der Waals surface area (Å²) in [6, 6.07) is 8.46. The van der Waals surface area contributed by atoms with Crippen molar-refractivity contribution in [2.75, 3.05) is 37.0 Å². The van der Waals surface area contributed by atoms with Gasteiger partial charge < -0.3 is 20.3 Å². The molecular weight excluding hydrogens is 378 g/mol. The fourth-order valence-electron chi connectivity index (χ4n) is 4.33. The lowest BCUT2D eigenvalue weighted by Gasteiger charge is -2.33. The molecule has 0 bridgehead atoms. The van der Waals surface area contributed by atoms with Crippen molar-refractivity contribution in [1.82, 2.24) is 15.3 Å². The van der Waals surface area contributed by atoms with Gasteiger partial charge in [-0.15, -0.1) is 0 Å². The summed E-state index contributed by atoms with van der Waals surface area (Å²) in [4.78, 5) is 23.9. The minimum absolute atomic E-state index is 0.349. The van der Waals surface area contributed by atoms with Crippen LogP contribution in [0.5, 0.6) is 0 Å². The van der Waals surface area contributed by atoms with E-state index in [2.05, 4.69) is 27.4 Å². The number of esters is 1. The summed E-state index contributed by atoms with van der Waals surface area (Å²) in [5.41, 5.74) is 2.22. The number of nitrogens with one attached hydrogen (secondary N) is 2. The number of pyridine rings is 2. The van der Waals surface area contributed by atoms with Gasteiger partial charge in [0.25, 0.3) is 0 Å². The van der Waals surface area contributed by atoms with Gasteiger partial charge in [0.15, 0.2) is 0 Å². The van der Waals surface area contributed by atoms with Crippen molar-refractivity contribution in [2.45, 2.75) is 51.1 Å². The Morgan fingerprint density at radius 1 is 1.23 bits per heavy atom. The molecule has 7 heteroatoms. The zero-order chi connectivity index (χ0) is 20.9. The SMILES string of the molecule is COC(=O)c1cc(-c2ccnc(NC3CCCCC3)c2)nc(N2CCN[C@@H](C)C2)c1. The first kappa shape index (κ1) is 20.6. The zero-order valence-corrected chi connectivity index (χ0v) is 17.9. The summed E-state index contributed by atoms with van der Waals surface area (Å²) < 4.78 is 4.99. The number of ether oxygens (including phenoxy) is 1. The van der Waals surface area contributed by atoms with Crippen molar-refractivity contribution in [3.8, 4) is 11.3 Å². The lowest BCUT2D eigenvalue weighted by atomic mass is 9.95. The Hall–Kier alpha value is -2.67. The van der Waals surface area contributed by atoms with E-state index in [1.165, 1.54) is 39.2 Å². The topological polar surface area (TPSA) is 79.4 Å². The number of hydrogen-bond donors (Lipinski definition) is 2. The highest BCUT2D eigenvalue weighted by Gasteiger charge is 2.20. The van der Waals surface area contributed by atoms with Gasteiger partial charge in [-0.3, -0.25) is 0 Å². The predicted octanol–water partition coefficient (Wildman–Crippen LogP) is 3.47. The van der Waals surface area contributed by atoms with Crippen LogP contribution in [0.1, 0.15) is 49.4 Å². The third-order valence-electron chi connectivity index (χ3n) is 5.94. The molecule has 2 aromatic heterocycles. The number of carbonyl (C=O) groups is 1. The summed E-state index contributed by atoms with van der Waals surface area (Å²) in [6.07, 6.45) is 8.04. The van der Waals surface area contributed by atoms with Crippen LogP contribution in [0.3, 0.4) is 0 Å². The van der Waals surface area contributed by atoms with Gasteiger partial charge in [-0.2, -0.15) is 0 Å². The van der Waals surface area contributed by atoms with E-state index < -0.39 is 0 Å². The van der Waals surface area contributed by atoms with Crippen molar-refractivity contribution in [3.63, 3.8) is 0 Å². The number of methoxy groups -OCH3 is 1. The Morgan fingerprint density at radius 2 is 2.07 bits per heavy atom. The molecular formula is C23H31N5O2. The molecule has 2 N–H and O–H groups in total. The predicted molar refractivity (Wildman–Crippen MR) is 119 cm³/mol. The molecule has 4 rings (SSSR count). The van der Waals surface area contributed by atoms with Gasteiger partial charge in [-0.05, 0) is 44.0 Å². The molecule has 0 aromatic carbocycles. The third-order valence-corrected chi connectivity index (χ3v) is 5.94. The second-order valence-electron chi connectivity index (χ2n) is 8.30. The number of anilines is 2. The average molecular weight is 410 g/mol. The maximum atomic E-state index is 12.3. The minimum Gasteiger partial charge on any atom is -0.465 e. The smallest absolute Gasteiger partial charge is 0.338 e. The van der Waals surface area contributed by atoms with Gasteiger partial charge >= 0.3 is 5.97 Å². The van der Waals surface area contributed by atoms with E-state index in [9.17, 15) is 4.79 Å². The van der Waals surface area contributed by atoms with E-state index in [1.807, 2.05) is 18.2 Å². The molecule has 7 nitrogen and oxygen atoms in total. The fourth-order valence-corrected chi connectivity index (χ4v) is 4.33. The Morgan fingerprint density at radius 3 is 2.83 bits per heavy atom. The number of piperazine rings is 1. The molecule has 1 atom stereocenters. The van der Waals surface area contributed by atoms with Crippen LogP contribution in [0, 0.1) is 0 Å². The number of nitrogens with zero attached hydrogens (tertiary/aromatic N) is 3. The molecule has 1 saturated carbocycles. The molecule has 1 aliphatic heterocycles. The minimum atomic E-state index is -0.349. The highest BCUT2D eigenvalue weighted by molar-refractivity contribution is 5.91. The van der Waals surface area contributed by atoms with Gasteiger partial charge in [-0.25, -0.2) is 14.8 Å². The second kappa shape index (κ2) is 9.43. The van der Waals surface area contributed by atoms with Crippen molar-refractivity contribution >= 4 is 17.6 Å². The molecule has 1 aliphatic carbocycles. The van der Waals surface area contributed by atoms with E-state index in [1.54, 1.807) is 12.3 Å². The zero-order valence-electron chi connectivity index (χ0n) is 17.9. The molecule has 2 aliphatic rings. The molecule has 30 heavy (non-hydrogen) atoms. The Labute approximate surface area is 178 Å². The lowest BCUT2D eigenvalue weighted by molar-refractivity contribution is 0.0600. The van der Waals surface area contributed by atoms with Crippen LogP contribution in [0.15, 0.2) is 30.5 Å². The molecule has 0 spiro atoms. The van der Waals surface area contributed by atoms with Crippen LogP contribution in [-0.4, -0.2) is 54.8 Å². The number of carbonyl (C=O) groups excluding carboxylic acids is 1. The van der Waals surface area contributed by atoms with Crippen molar-refractivity contribution in [2.24, 2.45) is 0 Å². The summed E-state index contributed by atoms with van der Waals surface area (Å²) in [6.45, 7) is 4.75. The van der Waals surface area contributed by atoms with E-state index in [0.29, 0.717) is 17.6 Å². The normalized spacial score (nSPS) is 20.1. The number of hydrogen-bond acceptors (Lipinski definition) is 7. The summed E-state index contributed by atoms with van der Waals surface area (Å²) in [5, 5.41) is 7.02. The van der Waals surface area contributed by atoms with Gasteiger partial charge in [-0.1, -0.05) is 19.3 Å². The van der Waals surface area contributed by atoms with E-state index in [-0.39, 0.29) is 5.97 Å². The highest BCUT2D eigenvalue weighted by Crippen LogP contribution is 2.27. The first-order chi connectivity index (χ1) is 14.6. The van der Waals surface area contributed by atoms with Crippen LogP contribution in [0.4, 0.5) is 11.6 Å². The van der Waals surface area contributed by atoms with E-state index in [4.69, 9.17) is 9.72 Å². The first-order valence-electron chi connectivity index (χ1n) is 10.9. The van der Waals surface area contributed by atoms with Crippen molar-refractivity contribution in [3.05, 3.63) is 36.0 Å². The molecule has 2 aromatic rings. The first-order valence-corrected chi connectivity index (χ1v) is 10.9. The Kier molecular flexibility index (Phi) is 6.47. The largest absolute Gasteiger partial charge is 0.465 e. The monoisotopic (exact) mass is 409 g/mol. The van der Waals surface area contributed by atoms with Gasteiger partial charge in [0.1, 0.15) is 11.6 Å². The maximum Gasteiger partial charge on any atom is 0.338 e. The van der Waals surface area contributed by atoms with Gasteiger partial charge in [0, 0.05) is 43.5 Å². The maximum absolute atomic E-state index is 12.3. The molecule has 160 valence electrons. The van der Waals surface area contributed by atoms with E-state index in [0.717, 1.165) is 42.5 Å². The van der Waals surface area contributed by atoms with Gasteiger partial charge in [0.2, 0.25) is 0 Å². The van der Waals surface area contributed by atoms with Crippen LogP contribution in [0.2, 0.25) is 0 Å². The summed E-state index contributed by atoms with van der Waals surface area (Å²) >= 11 is 0. The molecule has 0 radical (unpaired) electrons. The van der Waals surface area contributed by atoms with Crippen LogP contribution < -0.4 is 15.5 Å². The standard InChI is InChI=1S/C23H31N5O2/c1-16-15-28(11-10-24-16)22-14-18(23(29)30-2)12-20(27-22)17-8-9-25-21(13-17)26-19-6-4-3-5-7-19/h8-9,12-14,16,19,24H,3-7,10-11,15H2,1-2H3,(H,25,26)/t16-/m0/s1. The second-order valence-corrected chi connectivity index (χ2v) is 8.30. The summed E-state index contributed by atoms with van der Waals surface area (Å²) in [5.74, 6) is 1.32. The summed E-state index contributed by atoms with van der Waals surface area (Å²) in [7, 11) is 1.41. The highest BCUT2D eigenvalue weighted by atomic mass is 16.5. The fraction of sp³-hybridized carbons (Fsp3) is 0.522.